The number of anilines is 2. The van der Waals surface area contributed by atoms with Crippen LogP contribution < -0.4 is 11.5 Å². The Bertz CT molecular complexity index is 603. The minimum atomic E-state index is -4.82. The van der Waals surface area contributed by atoms with Gasteiger partial charge >= 0.3 is 6.18 Å². The van der Waals surface area contributed by atoms with E-state index in [1.54, 1.807) is 0 Å². The lowest BCUT2D eigenvalue weighted by atomic mass is 9.98. The molecule has 0 amide bonds. The van der Waals surface area contributed by atoms with Crippen LogP contribution in [0.25, 0.3) is 11.1 Å². The van der Waals surface area contributed by atoms with Gasteiger partial charge in [0.15, 0.2) is 5.82 Å². The summed E-state index contributed by atoms with van der Waals surface area (Å²) in [5.41, 5.74) is 9.13. The molecule has 0 atom stereocenters. The van der Waals surface area contributed by atoms with Crippen molar-refractivity contribution in [3.63, 3.8) is 0 Å². The van der Waals surface area contributed by atoms with E-state index in [0.717, 1.165) is 12.1 Å². The van der Waals surface area contributed by atoms with Gasteiger partial charge in [-0.1, -0.05) is 18.2 Å². The first-order chi connectivity index (χ1) is 8.80. The first-order valence-electron chi connectivity index (χ1n) is 5.32. The minimum absolute atomic E-state index is 0.223. The molecule has 0 radical (unpaired) electrons. The van der Waals surface area contributed by atoms with Crippen LogP contribution in [0.2, 0.25) is 0 Å². The second kappa shape index (κ2) is 4.46. The number of benzene rings is 2. The third-order valence-corrected chi connectivity index (χ3v) is 2.68. The van der Waals surface area contributed by atoms with E-state index in [2.05, 4.69) is 0 Å². The van der Waals surface area contributed by atoms with Crippen LogP contribution in [-0.2, 0) is 6.18 Å². The van der Waals surface area contributed by atoms with Crippen molar-refractivity contribution in [3.8, 4) is 11.1 Å². The average Bonchev–Trinajstić information content (AvgIpc) is 2.32. The molecule has 0 saturated carbocycles. The normalized spacial score (nSPS) is 11.6. The Labute approximate surface area is 106 Å². The fourth-order valence-electron chi connectivity index (χ4n) is 1.77. The summed E-state index contributed by atoms with van der Waals surface area (Å²) in [5.74, 6) is -1.46. The van der Waals surface area contributed by atoms with E-state index < -0.39 is 23.2 Å². The van der Waals surface area contributed by atoms with Gasteiger partial charge in [0.05, 0.1) is 5.69 Å². The van der Waals surface area contributed by atoms with Gasteiger partial charge in [-0.15, -0.1) is 0 Å². The maximum Gasteiger partial charge on any atom is 0.419 e. The topological polar surface area (TPSA) is 52.0 Å². The molecule has 2 aromatic carbocycles. The van der Waals surface area contributed by atoms with E-state index >= 15 is 0 Å². The lowest BCUT2D eigenvalue weighted by molar-refractivity contribution is -0.139. The lowest BCUT2D eigenvalue weighted by Gasteiger charge is -2.15. The fourth-order valence-corrected chi connectivity index (χ4v) is 1.77. The Morgan fingerprint density at radius 2 is 1.42 bits per heavy atom. The van der Waals surface area contributed by atoms with Crippen molar-refractivity contribution in [2.45, 2.75) is 6.18 Å². The van der Waals surface area contributed by atoms with Crippen LogP contribution in [-0.4, -0.2) is 0 Å². The van der Waals surface area contributed by atoms with Crippen LogP contribution in [0.15, 0.2) is 36.4 Å². The standard InChI is InChI=1S/C13H10F4N2/c14-12-10(19)6-5-9(11(12)13(15,16)17)7-1-3-8(18)4-2-7/h1-6H,18-19H2. The number of hydrogen-bond acceptors (Lipinski definition) is 2. The van der Waals surface area contributed by atoms with E-state index in [1.165, 1.54) is 24.3 Å². The maximum absolute atomic E-state index is 13.7. The maximum atomic E-state index is 13.7. The second-order valence-corrected chi connectivity index (χ2v) is 4.01. The molecule has 0 aliphatic rings. The second-order valence-electron chi connectivity index (χ2n) is 4.01. The van der Waals surface area contributed by atoms with Gasteiger partial charge < -0.3 is 11.5 Å². The molecule has 6 heteroatoms. The lowest BCUT2D eigenvalue weighted by Crippen LogP contribution is -2.12. The number of rotatable bonds is 1. The van der Waals surface area contributed by atoms with Crippen LogP contribution in [0.1, 0.15) is 5.56 Å². The molecule has 0 saturated heterocycles. The van der Waals surface area contributed by atoms with Crippen LogP contribution >= 0.6 is 0 Å². The zero-order chi connectivity index (χ0) is 14.2. The molecule has 0 fully saturated rings. The molecule has 0 unspecified atom stereocenters. The monoisotopic (exact) mass is 270 g/mol. The Hall–Kier alpha value is -2.24. The highest BCUT2D eigenvalue weighted by atomic mass is 19.4. The van der Waals surface area contributed by atoms with E-state index in [9.17, 15) is 17.6 Å². The van der Waals surface area contributed by atoms with Crippen LogP contribution in [0.5, 0.6) is 0 Å². The van der Waals surface area contributed by atoms with E-state index in [1.807, 2.05) is 0 Å². The summed E-state index contributed by atoms with van der Waals surface area (Å²) < 4.78 is 52.5. The molecular weight excluding hydrogens is 260 g/mol. The van der Waals surface area contributed by atoms with Crippen molar-refractivity contribution in [3.05, 3.63) is 47.8 Å². The highest BCUT2D eigenvalue weighted by Crippen LogP contribution is 2.40. The van der Waals surface area contributed by atoms with Gasteiger partial charge in [0, 0.05) is 5.69 Å². The van der Waals surface area contributed by atoms with Crippen molar-refractivity contribution < 1.29 is 17.6 Å². The van der Waals surface area contributed by atoms with Gasteiger partial charge in [0.1, 0.15) is 5.56 Å². The Balaban J connectivity index is 2.70. The first-order valence-corrected chi connectivity index (χ1v) is 5.32. The van der Waals surface area contributed by atoms with Crippen LogP contribution in [0.3, 0.4) is 0 Å². The highest BCUT2D eigenvalue weighted by molar-refractivity contribution is 5.72. The predicted molar refractivity (Wildman–Crippen MR) is 65.7 cm³/mol. The van der Waals surface area contributed by atoms with Crippen molar-refractivity contribution in [2.75, 3.05) is 11.5 Å². The number of alkyl halides is 3. The number of hydrogen-bond donors (Lipinski definition) is 2. The SMILES string of the molecule is Nc1ccc(-c2ccc(N)c(F)c2C(F)(F)F)cc1. The quantitative estimate of drug-likeness (QED) is 0.613. The summed E-state index contributed by atoms with van der Waals surface area (Å²) in [4.78, 5) is 0. The van der Waals surface area contributed by atoms with Crippen LogP contribution in [0, 0.1) is 5.82 Å². The number of nitrogen functional groups attached to an aromatic ring is 2. The molecular formula is C13H10F4N2. The van der Waals surface area contributed by atoms with Crippen LogP contribution in [0.4, 0.5) is 28.9 Å². The van der Waals surface area contributed by atoms with Gasteiger partial charge in [-0.05, 0) is 29.3 Å². The van der Waals surface area contributed by atoms with Gasteiger partial charge in [-0.3, -0.25) is 0 Å². The van der Waals surface area contributed by atoms with Gasteiger partial charge in [0.2, 0.25) is 0 Å². The smallest absolute Gasteiger partial charge is 0.399 e. The zero-order valence-corrected chi connectivity index (χ0v) is 9.63. The molecule has 0 bridgehead atoms. The Kier molecular flexibility index (Phi) is 3.09. The molecule has 0 spiro atoms. The molecule has 2 nitrogen and oxygen atoms in total. The van der Waals surface area contributed by atoms with Gasteiger partial charge in [-0.2, -0.15) is 13.2 Å². The van der Waals surface area contributed by atoms with Gasteiger partial charge in [-0.25, -0.2) is 4.39 Å². The summed E-state index contributed by atoms with van der Waals surface area (Å²) in [6, 6.07) is 7.95. The van der Waals surface area contributed by atoms with Crippen molar-refractivity contribution in [1.82, 2.24) is 0 Å². The molecule has 100 valence electrons. The third-order valence-electron chi connectivity index (χ3n) is 2.68. The van der Waals surface area contributed by atoms with Crippen molar-refractivity contribution in [1.29, 1.82) is 0 Å². The fraction of sp³-hybridized carbons (Fsp3) is 0.0769. The molecule has 0 aliphatic heterocycles. The molecule has 0 aromatic heterocycles. The first kappa shape index (κ1) is 13.2. The summed E-state index contributed by atoms with van der Waals surface area (Å²) in [7, 11) is 0. The summed E-state index contributed by atoms with van der Waals surface area (Å²) in [6.07, 6.45) is -4.82. The Morgan fingerprint density at radius 3 is 1.95 bits per heavy atom. The van der Waals surface area contributed by atoms with E-state index in [-0.39, 0.29) is 11.1 Å². The van der Waals surface area contributed by atoms with Gasteiger partial charge in [0.25, 0.3) is 0 Å². The molecule has 4 N–H and O–H groups in total. The molecule has 2 rings (SSSR count). The van der Waals surface area contributed by atoms with E-state index in [0.29, 0.717) is 5.69 Å². The molecule has 0 heterocycles. The van der Waals surface area contributed by atoms with E-state index in [4.69, 9.17) is 11.5 Å². The zero-order valence-electron chi connectivity index (χ0n) is 9.63. The van der Waals surface area contributed by atoms with Crippen molar-refractivity contribution in [2.24, 2.45) is 0 Å². The Morgan fingerprint density at radius 1 is 0.842 bits per heavy atom. The van der Waals surface area contributed by atoms with Crippen molar-refractivity contribution >= 4 is 11.4 Å². The number of halogens is 4. The summed E-state index contributed by atoms with van der Waals surface area (Å²) in [5, 5.41) is 0. The molecule has 19 heavy (non-hydrogen) atoms. The highest BCUT2D eigenvalue weighted by Gasteiger charge is 2.38. The largest absolute Gasteiger partial charge is 0.419 e. The third kappa shape index (κ3) is 2.47. The predicted octanol–water partition coefficient (Wildman–Crippen LogP) is 3.68. The molecule has 0 aliphatic carbocycles. The molecule has 2 aromatic rings. The minimum Gasteiger partial charge on any atom is -0.399 e. The average molecular weight is 270 g/mol. The summed E-state index contributed by atoms with van der Waals surface area (Å²) in [6.45, 7) is 0. The summed E-state index contributed by atoms with van der Waals surface area (Å²) >= 11 is 0. The number of nitrogens with two attached hydrogens (primary N) is 2.